The fraction of sp³-hybridized carbons (Fsp3) is 0.400. The largest absolute Gasteiger partial charge is 0.356 e. The Balaban J connectivity index is 1.71. The third kappa shape index (κ3) is 4.47. The van der Waals surface area contributed by atoms with Crippen molar-refractivity contribution in [2.24, 2.45) is 0 Å². The van der Waals surface area contributed by atoms with Crippen molar-refractivity contribution < 1.29 is 13.2 Å². The van der Waals surface area contributed by atoms with Gasteiger partial charge in [0, 0.05) is 25.0 Å². The summed E-state index contributed by atoms with van der Waals surface area (Å²) in [6, 6.07) is 11.2. The Morgan fingerprint density at radius 2 is 1.96 bits per heavy atom. The number of rotatable bonds is 5. The lowest BCUT2D eigenvalue weighted by Crippen LogP contribution is -2.33. The number of carbonyl (C=O) groups is 1. The first kappa shape index (κ1) is 19.4. The van der Waals surface area contributed by atoms with Crippen LogP contribution in [-0.4, -0.2) is 43.9 Å². The topological polar surface area (TPSA) is 79.4 Å². The summed E-state index contributed by atoms with van der Waals surface area (Å²) in [6.07, 6.45) is 2.14. The summed E-state index contributed by atoms with van der Waals surface area (Å²) in [4.78, 5) is 18.8. The molecule has 0 spiro atoms. The minimum Gasteiger partial charge on any atom is -0.356 e. The molecule has 1 N–H and O–H groups in total. The second-order valence-corrected chi connectivity index (χ2v) is 9.50. The predicted molar refractivity (Wildman–Crippen MR) is 108 cm³/mol. The number of benzene rings is 1. The van der Waals surface area contributed by atoms with Crippen LogP contribution in [-0.2, 0) is 9.84 Å². The molecule has 0 aliphatic carbocycles. The summed E-state index contributed by atoms with van der Waals surface area (Å²) < 4.78 is 23.3. The molecule has 3 rings (SSSR count). The van der Waals surface area contributed by atoms with E-state index >= 15 is 0 Å². The molecule has 0 radical (unpaired) electrons. The van der Waals surface area contributed by atoms with Crippen LogP contribution in [0.25, 0.3) is 0 Å². The first-order valence-electron chi connectivity index (χ1n) is 9.06. The molecule has 27 heavy (non-hydrogen) atoms. The molecule has 1 saturated heterocycles. The molecule has 2 aromatic rings. The Bertz CT molecular complexity index is 924. The van der Waals surface area contributed by atoms with E-state index in [0.29, 0.717) is 23.7 Å². The molecule has 6 nitrogen and oxygen atoms in total. The maximum absolute atomic E-state index is 12.6. The first-order valence-corrected chi connectivity index (χ1v) is 10.9. The monoisotopic (exact) mass is 387 g/mol. The smallest absolute Gasteiger partial charge is 0.257 e. The molecule has 2 heterocycles. The van der Waals surface area contributed by atoms with E-state index in [4.69, 9.17) is 0 Å². The lowest BCUT2D eigenvalue weighted by Gasteiger charge is -2.24. The van der Waals surface area contributed by atoms with Crippen molar-refractivity contribution >= 4 is 27.2 Å². The number of para-hydroxylation sites is 1. The molecule has 1 unspecified atom stereocenters. The molecule has 144 valence electrons. The molecule has 0 bridgehead atoms. The van der Waals surface area contributed by atoms with E-state index in [2.05, 4.69) is 24.1 Å². The van der Waals surface area contributed by atoms with Gasteiger partial charge in [0.05, 0.1) is 17.1 Å². The third-order valence-electron chi connectivity index (χ3n) is 4.96. The number of hydrogen-bond donors (Lipinski definition) is 1. The van der Waals surface area contributed by atoms with Gasteiger partial charge < -0.3 is 10.2 Å². The lowest BCUT2D eigenvalue weighted by atomic mass is 10.0. The average Bonchev–Trinajstić information content (AvgIpc) is 3.01. The van der Waals surface area contributed by atoms with Gasteiger partial charge in [0.2, 0.25) is 0 Å². The SMILES string of the molecule is CC(C)c1ccccc1NC(=O)c1ccc(N(C)C2CCS(=O)(=O)C2)nc1. The Morgan fingerprint density at radius 1 is 1.22 bits per heavy atom. The quantitative estimate of drug-likeness (QED) is 0.853. The van der Waals surface area contributed by atoms with Crippen LogP contribution in [0.15, 0.2) is 42.6 Å². The Kier molecular flexibility index (Phi) is 5.51. The maximum atomic E-state index is 12.6. The van der Waals surface area contributed by atoms with Crippen molar-refractivity contribution in [3.8, 4) is 0 Å². The van der Waals surface area contributed by atoms with Crippen LogP contribution >= 0.6 is 0 Å². The van der Waals surface area contributed by atoms with Gasteiger partial charge in [0.25, 0.3) is 5.91 Å². The summed E-state index contributed by atoms with van der Waals surface area (Å²) in [7, 11) is -1.11. The van der Waals surface area contributed by atoms with E-state index < -0.39 is 9.84 Å². The second-order valence-electron chi connectivity index (χ2n) is 7.27. The fourth-order valence-electron chi connectivity index (χ4n) is 3.31. The highest BCUT2D eigenvalue weighted by Crippen LogP contribution is 2.25. The number of nitrogens with zero attached hydrogens (tertiary/aromatic N) is 2. The van der Waals surface area contributed by atoms with Gasteiger partial charge >= 0.3 is 0 Å². The van der Waals surface area contributed by atoms with Crippen LogP contribution in [0.1, 0.15) is 42.1 Å². The molecule has 0 saturated carbocycles. The summed E-state index contributed by atoms with van der Waals surface area (Å²) in [5, 5.41) is 2.95. The summed E-state index contributed by atoms with van der Waals surface area (Å²) in [6.45, 7) is 4.17. The van der Waals surface area contributed by atoms with Gasteiger partial charge in [-0.1, -0.05) is 32.0 Å². The minimum absolute atomic E-state index is 0.0694. The van der Waals surface area contributed by atoms with Gasteiger partial charge in [-0.05, 0) is 36.1 Å². The number of anilines is 2. The van der Waals surface area contributed by atoms with E-state index in [1.807, 2.05) is 36.2 Å². The highest BCUT2D eigenvalue weighted by molar-refractivity contribution is 7.91. The number of carbonyl (C=O) groups excluding carboxylic acids is 1. The summed E-state index contributed by atoms with van der Waals surface area (Å²) in [5.41, 5.74) is 2.34. The van der Waals surface area contributed by atoms with Crippen LogP contribution in [0, 0.1) is 0 Å². The summed E-state index contributed by atoms with van der Waals surface area (Å²) in [5.74, 6) is 1.12. The van der Waals surface area contributed by atoms with E-state index in [0.717, 1.165) is 11.3 Å². The van der Waals surface area contributed by atoms with E-state index in [9.17, 15) is 13.2 Å². The van der Waals surface area contributed by atoms with Crippen molar-refractivity contribution in [1.82, 2.24) is 4.98 Å². The van der Waals surface area contributed by atoms with E-state index in [-0.39, 0.29) is 23.5 Å². The highest BCUT2D eigenvalue weighted by atomic mass is 32.2. The predicted octanol–water partition coefficient (Wildman–Crippen LogP) is 3.08. The molecule has 1 amide bonds. The molecule has 1 fully saturated rings. The molecule has 1 aliphatic rings. The van der Waals surface area contributed by atoms with Gasteiger partial charge in [-0.2, -0.15) is 0 Å². The number of sulfone groups is 1. The molecule has 1 aliphatic heterocycles. The summed E-state index contributed by atoms with van der Waals surface area (Å²) >= 11 is 0. The van der Waals surface area contributed by atoms with Crippen molar-refractivity contribution in [1.29, 1.82) is 0 Å². The fourth-order valence-corrected chi connectivity index (χ4v) is 5.08. The molecule has 1 atom stereocenters. The molecule has 1 aromatic heterocycles. The molecule has 1 aromatic carbocycles. The van der Waals surface area contributed by atoms with Crippen LogP contribution in [0.2, 0.25) is 0 Å². The van der Waals surface area contributed by atoms with Crippen LogP contribution in [0.4, 0.5) is 11.5 Å². The standard InChI is InChI=1S/C20H25N3O3S/c1-14(2)17-6-4-5-7-18(17)22-20(24)15-8-9-19(21-12-15)23(3)16-10-11-27(25,26)13-16/h4-9,12,14,16H,10-11,13H2,1-3H3,(H,22,24). The molecule has 7 heteroatoms. The van der Waals surface area contributed by atoms with Gasteiger partial charge in [-0.3, -0.25) is 4.79 Å². The maximum Gasteiger partial charge on any atom is 0.257 e. The zero-order valence-electron chi connectivity index (χ0n) is 15.8. The Morgan fingerprint density at radius 3 is 2.56 bits per heavy atom. The van der Waals surface area contributed by atoms with Gasteiger partial charge in [0.1, 0.15) is 5.82 Å². The van der Waals surface area contributed by atoms with Crippen molar-refractivity contribution in [2.75, 3.05) is 28.8 Å². The zero-order chi connectivity index (χ0) is 19.6. The molecular formula is C20H25N3O3S. The van der Waals surface area contributed by atoms with Crippen molar-refractivity contribution in [3.05, 3.63) is 53.7 Å². The minimum atomic E-state index is -2.95. The number of nitrogens with one attached hydrogen (secondary N) is 1. The van der Waals surface area contributed by atoms with E-state index in [1.54, 1.807) is 12.1 Å². The average molecular weight is 388 g/mol. The van der Waals surface area contributed by atoms with Crippen molar-refractivity contribution in [3.63, 3.8) is 0 Å². The molecular weight excluding hydrogens is 362 g/mol. The van der Waals surface area contributed by atoms with Crippen LogP contribution < -0.4 is 10.2 Å². The number of amides is 1. The van der Waals surface area contributed by atoms with Crippen molar-refractivity contribution in [2.45, 2.75) is 32.2 Å². The number of hydrogen-bond acceptors (Lipinski definition) is 5. The number of aromatic nitrogens is 1. The third-order valence-corrected chi connectivity index (χ3v) is 6.71. The van der Waals surface area contributed by atoms with Gasteiger partial charge in [0.15, 0.2) is 9.84 Å². The normalized spacial score (nSPS) is 18.4. The second kappa shape index (κ2) is 7.68. The lowest BCUT2D eigenvalue weighted by molar-refractivity contribution is 0.102. The first-order chi connectivity index (χ1) is 12.8. The zero-order valence-corrected chi connectivity index (χ0v) is 16.7. The Hall–Kier alpha value is -2.41. The highest BCUT2D eigenvalue weighted by Gasteiger charge is 2.31. The van der Waals surface area contributed by atoms with Crippen LogP contribution in [0.3, 0.4) is 0 Å². The van der Waals surface area contributed by atoms with Crippen LogP contribution in [0.5, 0.6) is 0 Å². The van der Waals surface area contributed by atoms with Gasteiger partial charge in [-0.15, -0.1) is 0 Å². The Labute approximate surface area is 160 Å². The number of pyridine rings is 1. The van der Waals surface area contributed by atoms with Gasteiger partial charge in [-0.25, -0.2) is 13.4 Å². The van der Waals surface area contributed by atoms with E-state index in [1.165, 1.54) is 6.20 Å².